The van der Waals surface area contributed by atoms with Crippen LogP contribution in [-0.2, 0) is 9.59 Å². The average Bonchev–Trinajstić information content (AvgIpc) is 3.73. The number of pyridine rings is 1. The van der Waals surface area contributed by atoms with Crippen LogP contribution in [-0.4, -0.2) is 39.7 Å². The number of amides is 2. The predicted octanol–water partition coefficient (Wildman–Crippen LogP) is 6.31. The number of piperidine rings is 1. The summed E-state index contributed by atoms with van der Waals surface area (Å²) in [6, 6.07) is 20.8. The number of aromatic nitrogens is 3. The van der Waals surface area contributed by atoms with Crippen molar-refractivity contribution >= 4 is 34.1 Å². The third kappa shape index (κ3) is 5.63. The zero-order chi connectivity index (χ0) is 30.1. The van der Waals surface area contributed by atoms with Crippen molar-refractivity contribution in [3.8, 4) is 22.6 Å². The van der Waals surface area contributed by atoms with Crippen LogP contribution in [0.15, 0.2) is 91.4 Å². The van der Waals surface area contributed by atoms with Gasteiger partial charge in [-0.1, -0.05) is 6.07 Å². The third-order valence-electron chi connectivity index (χ3n) is 8.38. The molecule has 1 saturated carbocycles. The number of anilines is 2. The third-order valence-corrected chi connectivity index (χ3v) is 8.38. The van der Waals surface area contributed by atoms with Crippen LogP contribution in [0.4, 0.5) is 15.8 Å². The zero-order valence-corrected chi connectivity index (χ0v) is 23.9. The maximum absolute atomic E-state index is 13.2. The molecule has 0 unspecified atom stereocenters. The number of fused-ring (bicyclic) bond motifs is 1. The summed E-state index contributed by atoms with van der Waals surface area (Å²) in [7, 11) is 0. The van der Waals surface area contributed by atoms with Crippen molar-refractivity contribution in [2.24, 2.45) is 5.41 Å². The molecule has 5 aromatic rings. The standard InChI is InChI=1S/C34H31FN6O3/c35-24-2-4-25(5-3-24)39-32(42)34(14-15-34)33(43)40-26-6-8-28(9-7-26)44-31-13-18-37-30-19-22(1-10-29(30)31)23-20-38-41(21-23)27-11-16-36-17-12-27/h1-10,13,18-21,27,36H,11-12,14-17H2,(H,39,42)(H,40,43). The van der Waals surface area contributed by atoms with Gasteiger partial charge in [0.15, 0.2) is 0 Å². The number of carbonyl (C=O) groups excluding carboxylic acids is 2. The molecule has 0 radical (unpaired) electrons. The van der Waals surface area contributed by atoms with E-state index in [-0.39, 0.29) is 5.91 Å². The fraction of sp³-hybridized carbons (Fsp3) is 0.235. The highest BCUT2D eigenvalue weighted by atomic mass is 19.1. The molecule has 1 aliphatic heterocycles. The van der Waals surface area contributed by atoms with Crippen molar-refractivity contribution in [2.45, 2.75) is 31.7 Å². The van der Waals surface area contributed by atoms with Gasteiger partial charge < -0.3 is 20.7 Å². The molecule has 7 rings (SSSR count). The van der Waals surface area contributed by atoms with E-state index in [1.165, 1.54) is 24.3 Å². The topological polar surface area (TPSA) is 110 Å². The number of benzene rings is 3. The van der Waals surface area contributed by atoms with Crippen LogP contribution >= 0.6 is 0 Å². The fourth-order valence-corrected chi connectivity index (χ4v) is 5.60. The molecular weight excluding hydrogens is 559 g/mol. The van der Waals surface area contributed by atoms with Crippen LogP contribution in [0.3, 0.4) is 0 Å². The Labute approximate surface area is 253 Å². The lowest BCUT2D eigenvalue weighted by Crippen LogP contribution is -2.35. The first-order valence-corrected chi connectivity index (χ1v) is 14.8. The summed E-state index contributed by atoms with van der Waals surface area (Å²) >= 11 is 0. The number of hydrogen-bond acceptors (Lipinski definition) is 6. The highest BCUT2D eigenvalue weighted by Crippen LogP contribution is 2.47. The quantitative estimate of drug-likeness (QED) is 0.183. The van der Waals surface area contributed by atoms with Gasteiger partial charge >= 0.3 is 0 Å². The van der Waals surface area contributed by atoms with Gasteiger partial charge in [0, 0.05) is 34.7 Å². The molecule has 222 valence electrons. The minimum Gasteiger partial charge on any atom is -0.457 e. The lowest BCUT2D eigenvalue weighted by Gasteiger charge is -2.22. The first-order chi connectivity index (χ1) is 21.5. The minimum absolute atomic E-state index is 0.372. The Kier molecular flexibility index (Phi) is 7.27. The highest BCUT2D eigenvalue weighted by molar-refractivity contribution is 6.16. The van der Waals surface area contributed by atoms with Crippen molar-refractivity contribution in [1.82, 2.24) is 20.1 Å². The first kappa shape index (κ1) is 27.7. The molecule has 9 nitrogen and oxygen atoms in total. The molecule has 2 fully saturated rings. The smallest absolute Gasteiger partial charge is 0.240 e. The maximum Gasteiger partial charge on any atom is 0.240 e. The molecule has 3 heterocycles. The van der Waals surface area contributed by atoms with Crippen LogP contribution in [0.2, 0.25) is 0 Å². The van der Waals surface area contributed by atoms with E-state index in [1.54, 1.807) is 30.5 Å². The molecule has 10 heteroatoms. The van der Waals surface area contributed by atoms with Gasteiger partial charge in [-0.3, -0.25) is 19.3 Å². The van der Waals surface area contributed by atoms with Gasteiger partial charge in [0.1, 0.15) is 22.7 Å². The number of ether oxygens (including phenoxy) is 1. The normalized spacial score (nSPS) is 15.9. The molecule has 0 atom stereocenters. The second-order valence-electron chi connectivity index (χ2n) is 11.4. The Morgan fingerprint density at radius 2 is 1.57 bits per heavy atom. The Morgan fingerprint density at radius 3 is 2.25 bits per heavy atom. The molecule has 1 saturated heterocycles. The molecule has 0 bridgehead atoms. The largest absolute Gasteiger partial charge is 0.457 e. The molecule has 0 spiro atoms. The molecule has 1 aliphatic carbocycles. The Hall–Kier alpha value is -5.09. The van der Waals surface area contributed by atoms with E-state index in [9.17, 15) is 14.0 Å². The van der Waals surface area contributed by atoms with E-state index in [1.807, 2.05) is 24.4 Å². The first-order valence-electron chi connectivity index (χ1n) is 14.8. The van der Waals surface area contributed by atoms with Crippen LogP contribution in [0.1, 0.15) is 31.7 Å². The van der Waals surface area contributed by atoms with Gasteiger partial charge in [-0.25, -0.2) is 4.39 Å². The lowest BCUT2D eigenvalue weighted by atomic mass is 10.0. The summed E-state index contributed by atoms with van der Waals surface area (Å²) in [4.78, 5) is 30.5. The Balaban J connectivity index is 1.01. The van der Waals surface area contributed by atoms with Crippen LogP contribution in [0.5, 0.6) is 11.5 Å². The van der Waals surface area contributed by atoms with Crippen molar-refractivity contribution in [1.29, 1.82) is 0 Å². The fourth-order valence-electron chi connectivity index (χ4n) is 5.60. The van der Waals surface area contributed by atoms with E-state index < -0.39 is 17.1 Å². The molecule has 44 heavy (non-hydrogen) atoms. The van der Waals surface area contributed by atoms with E-state index in [0.29, 0.717) is 41.8 Å². The number of hydrogen-bond donors (Lipinski definition) is 3. The summed E-state index contributed by atoms with van der Waals surface area (Å²) in [5.41, 5.74) is 2.77. The number of halogens is 1. The second-order valence-corrected chi connectivity index (χ2v) is 11.4. The summed E-state index contributed by atoms with van der Waals surface area (Å²) < 4.78 is 21.5. The van der Waals surface area contributed by atoms with E-state index in [2.05, 4.69) is 43.0 Å². The maximum atomic E-state index is 13.2. The zero-order valence-electron chi connectivity index (χ0n) is 23.9. The summed E-state index contributed by atoms with van der Waals surface area (Å²) in [6.07, 6.45) is 8.79. The number of nitrogens with zero attached hydrogens (tertiary/aromatic N) is 3. The van der Waals surface area contributed by atoms with Gasteiger partial charge in [-0.05, 0) is 111 Å². The Morgan fingerprint density at radius 1 is 0.886 bits per heavy atom. The number of rotatable bonds is 8. The molecule has 2 amide bonds. The van der Waals surface area contributed by atoms with Crippen LogP contribution in [0.25, 0.3) is 22.0 Å². The Bertz CT molecular complexity index is 1830. The van der Waals surface area contributed by atoms with Gasteiger partial charge in [0.2, 0.25) is 11.8 Å². The molecule has 3 aromatic carbocycles. The van der Waals surface area contributed by atoms with Gasteiger partial charge in [-0.15, -0.1) is 0 Å². The monoisotopic (exact) mass is 590 g/mol. The van der Waals surface area contributed by atoms with E-state index in [0.717, 1.165) is 48.0 Å². The van der Waals surface area contributed by atoms with Crippen molar-refractivity contribution in [3.63, 3.8) is 0 Å². The van der Waals surface area contributed by atoms with Crippen molar-refractivity contribution < 1.29 is 18.7 Å². The van der Waals surface area contributed by atoms with Crippen LogP contribution in [0, 0.1) is 11.2 Å². The average molecular weight is 591 g/mol. The van der Waals surface area contributed by atoms with E-state index >= 15 is 0 Å². The molecule has 3 N–H and O–H groups in total. The minimum atomic E-state index is -1.13. The highest BCUT2D eigenvalue weighted by Gasteiger charge is 2.56. The summed E-state index contributed by atoms with van der Waals surface area (Å²) in [5.74, 6) is 0.0941. The van der Waals surface area contributed by atoms with Crippen LogP contribution < -0.4 is 20.7 Å². The summed E-state index contributed by atoms with van der Waals surface area (Å²) in [6.45, 7) is 2.03. The van der Waals surface area contributed by atoms with Gasteiger partial charge in [0.25, 0.3) is 0 Å². The molecular formula is C34H31FN6O3. The molecule has 2 aromatic heterocycles. The second kappa shape index (κ2) is 11.5. The van der Waals surface area contributed by atoms with Gasteiger partial charge in [0.05, 0.1) is 17.8 Å². The van der Waals surface area contributed by atoms with E-state index in [4.69, 9.17) is 4.74 Å². The van der Waals surface area contributed by atoms with Gasteiger partial charge in [-0.2, -0.15) is 5.10 Å². The predicted molar refractivity (Wildman–Crippen MR) is 166 cm³/mol. The van der Waals surface area contributed by atoms with Crippen molar-refractivity contribution in [3.05, 3.63) is 97.2 Å². The number of nitrogens with one attached hydrogen (secondary N) is 3. The summed E-state index contributed by atoms with van der Waals surface area (Å²) in [5, 5.41) is 14.5. The SMILES string of the molecule is O=C(Nc1ccc(F)cc1)C1(C(=O)Nc2ccc(Oc3ccnc4cc(-c5cnn(C6CCNCC6)c5)ccc34)cc2)CC1. The number of carbonyl (C=O) groups is 2. The van der Waals surface area contributed by atoms with Crippen molar-refractivity contribution in [2.75, 3.05) is 23.7 Å². The lowest BCUT2D eigenvalue weighted by molar-refractivity contribution is -0.131. The molecule has 2 aliphatic rings.